The molecule has 0 saturated carbocycles. The molecule has 2 aromatic carbocycles. The molecule has 3 aromatic rings. The highest BCUT2D eigenvalue weighted by Crippen LogP contribution is 2.15. The Kier molecular flexibility index (Phi) is 6.54. The zero-order valence-corrected chi connectivity index (χ0v) is 16.1. The van der Waals surface area contributed by atoms with E-state index in [1.165, 1.54) is 17.2 Å². The van der Waals surface area contributed by atoms with Crippen molar-refractivity contribution in [1.82, 2.24) is 14.5 Å². The monoisotopic (exact) mass is 382 g/mol. The van der Waals surface area contributed by atoms with Gasteiger partial charge in [-0.1, -0.05) is 42.0 Å². The molecule has 0 spiro atoms. The number of halogens is 1. The number of benzene rings is 2. The smallest absolute Gasteiger partial charge is 0.173 e. The fourth-order valence-corrected chi connectivity index (χ4v) is 3.05. The maximum Gasteiger partial charge on any atom is 0.173 e. The summed E-state index contributed by atoms with van der Waals surface area (Å²) in [4.78, 5) is 6.14. The van der Waals surface area contributed by atoms with Crippen molar-refractivity contribution < 1.29 is 4.39 Å². The van der Waals surface area contributed by atoms with Gasteiger partial charge < -0.3 is 14.8 Å². The van der Waals surface area contributed by atoms with Crippen molar-refractivity contribution in [1.29, 1.82) is 0 Å². The van der Waals surface area contributed by atoms with E-state index in [0.29, 0.717) is 17.3 Å². The maximum atomic E-state index is 14.0. The molecule has 0 bridgehead atoms. The molecule has 0 saturated heterocycles. The number of anilines is 1. The van der Waals surface area contributed by atoms with Crippen molar-refractivity contribution in [3.05, 3.63) is 84.2 Å². The number of aryl methyl sites for hydroxylation is 2. The molecule has 6 heteroatoms. The van der Waals surface area contributed by atoms with Crippen LogP contribution in [0.1, 0.15) is 17.5 Å². The van der Waals surface area contributed by atoms with Crippen LogP contribution < -0.4 is 5.32 Å². The molecule has 0 amide bonds. The molecular weight excluding hydrogens is 359 g/mol. The fraction of sp³-hybridized carbons (Fsp3) is 0.238. The Morgan fingerprint density at radius 1 is 1.19 bits per heavy atom. The predicted octanol–water partition coefficient (Wildman–Crippen LogP) is 4.62. The molecule has 1 aromatic heterocycles. The number of aromatic nitrogens is 2. The van der Waals surface area contributed by atoms with Gasteiger partial charge in [0.2, 0.25) is 0 Å². The lowest BCUT2D eigenvalue weighted by Crippen LogP contribution is -2.35. The van der Waals surface area contributed by atoms with E-state index in [9.17, 15) is 4.39 Å². The second-order valence-corrected chi connectivity index (χ2v) is 6.86. The van der Waals surface area contributed by atoms with Crippen LogP contribution in [0, 0.1) is 12.7 Å². The fourth-order valence-electron chi connectivity index (χ4n) is 2.79. The first-order valence-electron chi connectivity index (χ1n) is 8.93. The molecule has 140 valence electrons. The normalized spacial score (nSPS) is 10.6. The van der Waals surface area contributed by atoms with Crippen molar-refractivity contribution in [2.24, 2.45) is 0 Å². The van der Waals surface area contributed by atoms with Crippen LogP contribution >= 0.6 is 12.2 Å². The molecule has 1 N–H and O–H groups in total. The van der Waals surface area contributed by atoms with Crippen LogP contribution in [0.25, 0.3) is 0 Å². The van der Waals surface area contributed by atoms with Crippen molar-refractivity contribution in [2.75, 3.05) is 11.9 Å². The Balaban J connectivity index is 1.68. The average molecular weight is 383 g/mol. The van der Waals surface area contributed by atoms with E-state index in [0.717, 1.165) is 19.5 Å². The summed E-state index contributed by atoms with van der Waals surface area (Å²) in [6, 6.07) is 15.0. The molecule has 0 aliphatic rings. The van der Waals surface area contributed by atoms with E-state index in [-0.39, 0.29) is 5.82 Å². The summed E-state index contributed by atoms with van der Waals surface area (Å²) in [5.41, 5.74) is 2.78. The molecular formula is C21H23FN4S. The van der Waals surface area contributed by atoms with Crippen molar-refractivity contribution in [2.45, 2.75) is 26.4 Å². The van der Waals surface area contributed by atoms with Gasteiger partial charge in [-0.2, -0.15) is 0 Å². The number of rotatable bonds is 7. The van der Waals surface area contributed by atoms with Gasteiger partial charge in [-0.05, 0) is 43.3 Å². The minimum atomic E-state index is -0.312. The first-order valence-corrected chi connectivity index (χ1v) is 9.34. The third kappa shape index (κ3) is 5.62. The van der Waals surface area contributed by atoms with E-state index in [4.69, 9.17) is 12.2 Å². The van der Waals surface area contributed by atoms with Gasteiger partial charge in [0.05, 0.1) is 12.0 Å². The SMILES string of the molecule is Cc1ccc(CN(CCCn2ccnc2)C(=S)Nc2ccccc2F)cc1. The summed E-state index contributed by atoms with van der Waals surface area (Å²) in [5.74, 6) is -0.312. The van der Waals surface area contributed by atoms with Gasteiger partial charge in [0.1, 0.15) is 5.82 Å². The molecule has 3 rings (SSSR count). The predicted molar refractivity (Wildman–Crippen MR) is 111 cm³/mol. The van der Waals surface area contributed by atoms with Crippen LogP contribution in [-0.2, 0) is 13.1 Å². The Labute approximate surface area is 164 Å². The number of nitrogens with one attached hydrogen (secondary N) is 1. The molecule has 0 aliphatic heterocycles. The molecule has 4 nitrogen and oxygen atoms in total. The quantitative estimate of drug-likeness (QED) is 0.605. The number of thiocarbonyl (C=S) groups is 1. The summed E-state index contributed by atoms with van der Waals surface area (Å²) in [6.45, 7) is 4.35. The van der Waals surface area contributed by atoms with E-state index in [1.807, 2.05) is 10.8 Å². The van der Waals surface area contributed by atoms with Gasteiger partial charge in [-0.25, -0.2) is 9.37 Å². The second-order valence-electron chi connectivity index (χ2n) is 6.47. The van der Waals surface area contributed by atoms with Crippen LogP contribution in [0.15, 0.2) is 67.3 Å². The topological polar surface area (TPSA) is 33.1 Å². The highest BCUT2D eigenvalue weighted by atomic mass is 32.1. The van der Waals surface area contributed by atoms with Crippen LogP contribution in [0.5, 0.6) is 0 Å². The third-order valence-corrected chi connectivity index (χ3v) is 4.66. The summed E-state index contributed by atoms with van der Waals surface area (Å²) < 4.78 is 16.0. The Morgan fingerprint density at radius 2 is 1.96 bits per heavy atom. The van der Waals surface area contributed by atoms with E-state index >= 15 is 0 Å². The summed E-state index contributed by atoms with van der Waals surface area (Å²) >= 11 is 5.58. The lowest BCUT2D eigenvalue weighted by Gasteiger charge is -2.26. The largest absolute Gasteiger partial charge is 0.345 e. The third-order valence-electron chi connectivity index (χ3n) is 4.30. The Hall–Kier alpha value is -2.73. The van der Waals surface area contributed by atoms with Gasteiger partial charge in [-0.3, -0.25) is 0 Å². The molecule has 27 heavy (non-hydrogen) atoms. The lowest BCUT2D eigenvalue weighted by atomic mass is 10.1. The zero-order valence-electron chi connectivity index (χ0n) is 15.3. The minimum Gasteiger partial charge on any atom is -0.345 e. The first-order chi connectivity index (χ1) is 13.1. The van der Waals surface area contributed by atoms with Gasteiger partial charge >= 0.3 is 0 Å². The average Bonchev–Trinajstić information content (AvgIpc) is 3.18. The summed E-state index contributed by atoms with van der Waals surface area (Å²) in [7, 11) is 0. The van der Waals surface area contributed by atoms with Gasteiger partial charge in [-0.15, -0.1) is 0 Å². The second kappa shape index (κ2) is 9.28. The summed E-state index contributed by atoms with van der Waals surface area (Å²) in [6.07, 6.45) is 6.43. The van der Waals surface area contributed by atoms with Gasteiger partial charge in [0.25, 0.3) is 0 Å². The van der Waals surface area contributed by atoms with Crippen LogP contribution in [-0.4, -0.2) is 26.1 Å². The first kappa shape index (κ1) is 19.0. The van der Waals surface area contributed by atoms with Gasteiger partial charge in [0, 0.05) is 32.0 Å². The molecule has 1 heterocycles. The molecule has 0 unspecified atom stereocenters. The van der Waals surface area contributed by atoms with E-state index < -0.39 is 0 Å². The highest BCUT2D eigenvalue weighted by Gasteiger charge is 2.12. The minimum absolute atomic E-state index is 0.312. The van der Waals surface area contributed by atoms with Crippen molar-refractivity contribution in [3.8, 4) is 0 Å². The number of hydrogen-bond donors (Lipinski definition) is 1. The van der Waals surface area contributed by atoms with E-state index in [2.05, 4.69) is 46.4 Å². The molecule has 0 aliphatic carbocycles. The Morgan fingerprint density at radius 3 is 2.67 bits per heavy atom. The molecule has 0 fully saturated rings. The number of para-hydroxylation sites is 1. The highest BCUT2D eigenvalue weighted by molar-refractivity contribution is 7.80. The summed E-state index contributed by atoms with van der Waals surface area (Å²) in [5, 5.41) is 3.57. The number of nitrogens with zero attached hydrogens (tertiary/aromatic N) is 3. The number of imidazole rings is 1. The Bertz CT molecular complexity index is 862. The van der Waals surface area contributed by atoms with Crippen LogP contribution in [0.2, 0.25) is 0 Å². The number of hydrogen-bond acceptors (Lipinski definition) is 2. The van der Waals surface area contributed by atoms with Crippen molar-refractivity contribution in [3.63, 3.8) is 0 Å². The van der Waals surface area contributed by atoms with E-state index in [1.54, 1.807) is 30.7 Å². The van der Waals surface area contributed by atoms with Crippen LogP contribution in [0.3, 0.4) is 0 Å². The molecule has 0 atom stereocenters. The lowest BCUT2D eigenvalue weighted by molar-refractivity contribution is 0.396. The van der Waals surface area contributed by atoms with Gasteiger partial charge in [0.15, 0.2) is 5.11 Å². The van der Waals surface area contributed by atoms with Crippen molar-refractivity contribution >= 4 is 23.0 Å². The zero-order chi connectivity index (χ0) is 19.1. The standard InChI is InChI=1S/C21H23FN4S/c1-17-7-9-18(10-8-17)15-26(13-4-12-25-14-11-23-16-25)21(27)24-20-6-3-2-5-19(20)22/h2-3,5-11,14,16H,4,12-13,15H2,1H3,(H,24,27). The maximum absolute atomic E-state index is 14.0. The molecule has 0 radical (unpaired) electrons. The van der Waals surface area contributed by atoms with Crippen LogP contribution in [0.4, 0.5) is 10.1 Å².